The molecule has 0 aliphatic carbocycles. The van der Waals surface area contributed by atoms with Gasteiger partial charge < -0.3 is 23.7 Å². The van der Waals surface area contributed by atoms with E-state index in [0.717, 1.165) is 28.3 Å². The molecule has 0 saturated carbocycles. The van der Waals surface area contributed by atoms with Gasteiger partial charge in [0, 0.05) is 23.5 Å². The lowest BCUT2D eigenvalue weighted by molar-refractivity contribution is 0.0748. The number of aryl methyl sites for hydroxylation is 2. The molecule has 0 radical (unpaired) electrons. The second-order valence-electron chi connectivity index (χ2n) is 8.62. The van der Waals surface area contributed by atoms with Gasteiger partial charge in [-0.2, -0.15) is 5.10 Å². The lowest BCUT2D eigenvalue weighted by Gasteiger charge is -2.20. The van der Waals surface area contributed by atoms with E-state index in [2.05, 4.69) is 36.6 Å². The van der Waals surface area contributed by atoms with Crippen molar-refractivity contribution in [3.63, 3.8) is 0 Å². The second-order valence-corrected chi connectivity index (χ2v) is 8.62. The van der Waals surface area contributed by atoms with E-state index >= 15 is 0 Å². The van der Waals surface area contributed by atoms with Crippen LogP contribution in [0.5, 0.6) is 17.2 Å². The molecule has 0 atom stereocenters. The Balaban J connectivity index is 1.53. The minimum atomic E-state index is -0.126. The van der Waals surface area contributed by atoms with Crippen LogP contribution in [-0.2, 0) is 13.1 Å². The fraction of sp³-hybridized carbons (Fsp3) is 0.259. The van der Waals surface area contributed by atoms with Crippen molar-refractivity contribution in [2.24, 2.45) is 0 Å². The van der Waals surface area contributed by atoms with Crippen molar-refractivity contribution in [2.75, 3.05) is 21.3 Å². The number of hydrogen-bond acceptors (Lipinski definition) is 5. The molecule has 0 saturated heterocycles. The zero-order valence-electron chi connectivity index (χ0n) is 20.5. The summed E-state index contributed by atoms with van der Waals surface area (Å²) in [6.07, 6.45) is 4.00. The van der Waals surface area contributed by atoms with E-state index in [9.17, 15) is 4.79 Å². The van der Waals surface area contributed by atoms with Crippen LogP contribution in [-0.4, -0.2) is 46.5 Å². The highest BCUT2D eigenvalue weighted by Gasteiger charge is 2.33. The Morgan fingerprint density at radius 1 is 0.914 bits per heavy atom. The van der Waals surface area contributed by atoms with Gasteiger partial charge in [-0.1, -0.05) is 17.7 Å². The number of hydrogen-bond donors (Lipinski definition) is 0. The third kappa shape index (κ3) is 3.80. The first-order valence-corrected chi connectivity index (χ1v) is 11.4. The van der Waals surface area contributed by atoms with E-state index < -0.39 is 0 Å². The molecule has 5 rings (SSSR count). The number of carbonyl (C=O) groups is 1. The monoisotopic (exact) mass is 472 g/mol. The van der Waals surface area contributed by atoms with Crippen LogP contribution in [0.1, 0.15) is 32.7 Å². The van der Waals surface area contributed by atoms with Crippen molar-refractivity contribution in [1.82, 2.24) is 19.2 Å². The summed E-state index contributed by atoms with van der Waals surface area (Å²) in [5.74, 6) is 2.16. The van der Waals surface area contributed by atoms with E-state index in [-0.39, 0.29) is 5.91 Å². The van der Waals surface area contributed by atoms with Crippen LogP contribution in [0.15, 0.2) is 54.9 Å². The molecule has 2 aromatic heterocycles. The van der Waals surface area contributed by atoms with Crippen LogP contribution in [0, 0.1) is 13.8 Å². The first kappa shape index (κ1) is 22.6. The molecule has 1 amide bonds. The fourth-order valence-corrected chi connectivity index (χ4v) is 4.68. The molecular weight excluding hydrogens is 444 g/mol. The average Bonchev–Trinajstić information content (AvgIpc) is 3.59. The molecule has 3 heterocycles. The molecule has 1 aliphatic rings. The highest BCUT2D eigenvalue weighted by Crippen LogP contribution is 2.39. The van der Waals surface area contributed by atoms with Gasteiger partial charge in [0.1, 0.15) is 5.82 Å². The number of carbonyl (C=O) groups excluding carboxylic acids is 1. The first-order chi connectivity index (χ1) is 16.9. The molecule has 0 bridgehead atoms. The van der Waals surface area contributed by atoms with Gasteiger partial charge in [0.25, 0.3) is 5.91 Å². The summed E-state index contributed by atoms with van der Waals surface area (Å²) in [6, 6.07) is 13.7. The van der Waals surface area contributed by atoms with E-state index in [1.807, 2.05) is 29.2 Å². The van der Waals surface area contributed by atoms with Gasteiger partial charge in [0.05, 0.1) is 45.8 Å². The number of amides is 1. The minimum Gasteiger partial charge on any atom is -0.493 e. The summed E-state index contributed by atoms with van der Waals surface area (Å²) in [5.41, 5.74) is 5.75. The lowest BCUT2D eigenvalue weighted by atomic mass is 10.1. The maximum atomic E-state index is 13.5. The summed E-state index contributed by atoms with van der Waals surface area (Å²) in [5, 5.41) is 4.96. The Morgan fingerprint density at radius 2 is 1.60 bits per heavy atom. The zero-order chi connectivity index (χ0) is 24.7. The Kier molecular flexibility index (Phi) is 5.72. The van der Waals surface area contributed by atoms with Crippen LogP contribution in [0.2, 0.25) is 0 Å². The van der Waals surface area contributed by atoms with Gasteiger partial charge in [0.15, 0.2) is 11.5 Å². The van der Waals surface area contributed by atoms with E-state index in [0.29, 0.717) is 35.9 Å². The van der Waals surface area contributed by atoms with Gasteiger partial charge in [-0.15, -0.1) is 0 Å². The molecule has 2 aromatic carbocycles. The molecule has 8 nitrogen and oxygen atoms in total. The quantitative estimate of drug-likeness (QED) is 0.414. The molecule has 8 heteroatoms. The smallest absolute Gasteiger partial charge is 0.254 e. The Hall–Kier alpha value is -4.20. The van der Waals surface area contributed by atoms with Crippen molar-refractivity contribution in [3.8, 4) is 28.8 Å². The molecular formula is C27H28N4O4. The second kappa shape index (κ2) is 8.87. The predicted molar refractivity (Wildman–Crippen MR) is 132 cm³/mol. The normalized spacial score (nSPS) is 12.5. The fourth-order valence-electron chi connectivity index (χ4n) is 4.68. The molecule has 0 fully saturated rings. The van der Waals surface area contributed by atoms with Gasteiger partial charge in [-0.25, -0.2) is 4.68 Å². The molecule has 35 heavy (non-hydrogen) atoms. The highest BCUT2D eigenvalue weighted by atomic mass is 16.5. The SMILES string of the molecule is COc1cc(C(=O)N2Cc3nn(-c4ccc(C)cc4C)c(-n4cccc4)c3C2)cc(OC)c1OC. The largest absolute Gasteiger partial charge is 0.493 e. The molecule has 0 spiro atoms. The molecule has 1 aliphatic heterocycles. The first-order valence-electron chi connectivity index (χ1n) is 11.4. The van der Waals surface area contributed by atoms with Gasteiger partial charge in [-0.3, -0.25) is 4.79 Å². The van der Waals surface area contributed by atoms with Crippen LogP contribution in [0.3, 0.4) is 0 Å². The zero-order valence-corrected chi connectivity index (χ0v) is 20.5. The lowest BCUT2D eigenvalue weighted by Crippen LogP contribution is -2.26. The van der Waals surface area contributed by atoms with Crippen LogP contribution in [0.4, 0.5) is 0 Å². The van der Waals surface area contributed by atoms with Crippen molar-refractivity contribution >= 4 is 5.91 Å². The van der Waals surface area contributed by atoms with E-state index in [1.54, 1.807) is 24.1 Å². The van der Waals surface area contributed by atoms with E-state index in [1.165, 1.54) is 19.8 Å². The summed E-state index contributed by atoms with van der Waals surface area (Å²) in [6.45, 7) is 5.04. The Morgan fingerprint density at radius 3 is 2.20 bits per heavy atom. The van der Waals surface area contributed by atoms with E-state index in [4.69, 9.17) is 19.3 Å². The number of rotatable bonds is 6. The highest BCUT2D eigenvalue weighted by molar-refractivity contribution is 5.96. The number of methoxy groups -OCH3 is 3. The van der Waals surface area contributed by atoms with Crippen LogP contribution >= 0.6 is 0 Å². The predicted octanol–water partition coefficient (Wildman–Crippen LogP) is 4.46. The number of benzene rings is 2. The Bertz CT molecular complexity index is 1380. The van der Waals surface area contributed by atoms with Crippen LogP contribution in [0.25, 0.3) is 11.5 Å². The van der Waals surface area contributed by atoms with Gasteiger partial charge >= 0.3 is 0 Å². The summed E-state index contributed by atoms with van der Waals surface area (Å²) in [4.78, 5) is 15.3. The molecule has 0 N–H and O–H groups in total. The molecule has 4 aromatic rings. The average molecular weight is 473 g/mol. The van der Waals surface area contributed by atoms with Gasteiger partial charge in [0.2, 0.25) is 5.75 Å². The van der Waals surface area contributed by atoms with Gasteiger partial charge in [-0.05, 0) is 49.7 Å². The standard InChI is InChI=1S/C27H28N4O4/c1-17-8-9-22(18(2)12-17)31-26(29-10-6-7-11-29)20-15-30(16-21(20)28-31)27(32)19-13-23(33-3)25(35-5)24(14-19)34-4/h6-14H,15-16H2,1-5H3. The number of nitrogens with zero attached hydrogens (tertiary/aromatic N) is 4. The number of fused-ring (bicyclic) bond motifs is 1. The molecule has 180 valence electrons. The number of ether oxygens (including phenoxy) is 3. The van der Waals surface area contributed by atoms with Crippen molar-refractivity contribution in [3.05, 3.63) is 82.8 Å². The van der Waals surface area contributed by atoms with Crippen LogP contribution < -0.4 is 14.2 Å². The Labute approximate surface area is 204 Å². The maximum absolute atomic E-state index is 13.5. The number of aromatic nitrogens is 3. The molecule has 0 unspecified atom stereocenters. The topological polar surface area (TPSA) is 70.8 Å². The summed E-state index contributed by atoms with van der Waals surface area (Å²) in [7, 11) is 4.62. The maximum Gasteiger partial charge on any atom is 0.254 e. The summed E-state index contributed by atoms with van der Waals surface area (Å²) < 4.78 is 20.3. The summed E-state index contributed by atoms with van der Waals surface area (Å²) >= 11 is 0. The minimum absolute atomic E-state index is 0.126. The third-order valence-corrected chi connectivity index (χ3v) is 6.36. The van der Waals surface area contributed by atoms with Crippen molar-refractivity contribution in [1.29, 1.82) is 0 Å². The third-order valence-electron chi connectivity index (χ3n) is 6.36. The van der Waals surface area contributed by atoms with Crippen molar-refractivity contribution in [2.45, 2.75) is 26.9 Å². The van der Waals surface area contributed by atoms with Crippen molar-refractivity contribution < 1.29 is 19.0 Å².